The molecular formula is C28H26ClN7O. The highest BCUT2D eigenvalue weighted by atomic mass is 35.5. The molecule has 3 heterocycles. The molecule has 1 aliphatic rings. The Labute approximate surface area is 219 Å². The molecule has 0 aliphatic carbocycles. The Kier molecular flexibility index (Phi) is 6.32. The Bertz CT molecular complexity index is 1570. The second-order valence-electron chi connectivity index (χ2n) is 9.13. The average molecular weight is 512 g/mol. The van der Waals surface area contributed by atoms with Crippen LogP contribution in [0.15, 0.2) is 78.9 Å². The summed E-state index contributed by atoms with van der Waals surface area (Å²) in [7, 11) is 0. The molecular weight excluding hydrogens is 486 g/mol. The first-order valence-corrected chi connectivity index (χ1v) is 12.8. The summed E-state index contributed by atoms with van der Waals surface area (Å²) in [4.78, 5) is 22.1. The molecule has 0 saturated carbocycles. The first kappa shape index (κ1) is 23.2. The minimum Gasteiger partial charge on any atom is -0.340 e. The third-order valence-corrected chi connectivity index (χ3v) is 6.88. The van der Waals surface area contributed by atoms with Gasteiger partial charge in [-0.05, 0) is 42.3 Å². The topological polar surface area (TPSA) is 78.7 Å². The summed E-state index contributed by atoms with van der Waals surface area (Å²) in [5.41, 5.74) is 3.52. The predicted molar refractivity (Wildman–Crippen MR) is 146 cm³/mol. The van der Waals surface area contributed by atoms with Gasteiger partial charge in [-0.3, -0.25) is 0 Å². The molecule has 2 aromatic heterocycles. The second-order valence-corrected chi connectivity index (χ2v) is 9.57. The number of rotatable bonds is 4. The van der Waals surface area contributed by atoms with Gasteiger partial charge in [-0.2, -0.15) is 0 Å². The molecule has 0 unspecified atom stereocenters. The van der Waals surface area contributed by atoms with Crippen LogP contribution in [-0.2, 0) is 6.42 Å². The smallest absolute Gasteiger partial charge is 0.321 e. The van der Waals surface area contributed by atoms with Gasteiger partial charge in [0, 0.05) is 48.7 Å². The van der Waals surface area contributed by atoms with Crippen LogP contribution in [0.25, 0.3) is 16.6 Å². The number of carbonyl (C=O) groups is 1. The first-order chi connectivity index (χ1) is 18.2. The fourth-order valence-corrected chi connectivity index (χ4v) is 5.00. The largest absolute Gasteiger partial charge is 0.340 e. The van der Waals surface area contributed by atoms with Crippen LogP contribution < -0.4 is 10.2 Å². The Morgan fingerprint density at radius 1 is 0.892 bits per heavy atom. The summed E-state index contributed by atoms with van der Waals surface area (Å²) in [6.07, 6.45) is 1.46. The van der Waals surface area contributed by atoms with Gasteiger partial charge in [0.15, 0.2) is 5.65 Å². The number of fused-ring (bicyclic) bond motifs is 3. The van der Waals surface area contributed by atoms with Crippen LogP contribution in [-0.4, -0.2) is 56.7 Å². The number of urea groups is 1. The van der Waals surface area contributed by atoms with Gasteiger partial charge >= 0.3 is 6.03 Å². The van der Waals surface area contributed by atoms with Crippen molar-refractivity contribution in [3.8, 4) is 0 Å². The van der Waals surface area contributed by atoms with Gasteiger partial charge in [0.1, 0.15) is 5.82 Å². The Morgan fingerprint density at radius 2 is 1.73 bits per heavy atom. The maximum Gasteiger partial charge on any atom is 0.321 e. The zero-order chi connectivity index (χ0) is 25.2. The molecule has 0 atom stereocenters. The molecule has 0 radical (unpaired) electrons. The van der Waals surface area contributed by atoms with E-state index in [1.165, 1.54) is 0 Å². The number of halogens is 1. The molecule has 2 amide bonds. The molecule has 1 fully saturated rings. The van der Waals surface area contributed by atoms with Crippen molar-refractivity contribution in [2.45, 2.75) is 12.8 Å². The standard InChI is InChI=1S/C28H26ClN7O/c29-21-10-6-11-22(19-21)30-28(37)35-15-7-14-34(16-17-35)27-31-24-13-5-4-12-23(24)26-33-32-25(36(26)27)18-20-8-2-1-3-9-20/h1-6,8-13,19H,7,14-18H2,(H,30,37). The van der Waals surface area contributed by atoms with Crippen LogP contribution in [0.4, 0.5) is 16.4 Å². The third-order valence-electron chi connectivity index (χ3n) is 6.64. The van der Waals surface area contributed by atoms with E-state index in [4.69, 9.17) is 16.6 Å². The molecule has 3 aromatic carbocycles. The molecule has 186 valence electrons. The van der Waals surface area contributed by atoms with E-state index in [1.807, 2.05) is 59.5 Å². The minimum absolute atomic E-state index is 0.130. The normalized spacial score (nSPS) is 14.2. The van der Waals surface area contributed by atoms with Crippen molar-refractivity contribution >= 4 is 45.8 Å². The molecule has 8 nitrogen and oxygen atoms in total. The lowest BCUT2D eigenvalue weighted by atomic mass is 10.1. The maximum absolute atomic E-state index is 13.0. The van der Waals surface area contributed by atoms with Gasteiger partial charge in [-0.25, -0.2) is 14.2 Å². The van der Waals surface area contributed by atoms with E-state index < -0.39 is 0 Å². The van der Waals surface area contributed by atoms with Crippen molar-refractivity contribution in [2.24, 2.45) is 0 Å². The van der Waals surface area contributed by atoms with Crippen LogP contribution >= 0.6 is 11.6 Å². The molecule has 6 rings (SSSR count). The summed E-state index contributed by atoms with van der Waals surface area (Å²) in [6.45, 7) is 2.63. The SMILES string of the molecule is O=C(Nc1cccc(Cl)c1)N1CCCN(c2nc3ccccc3c3nnc(Cc4ccccc4)n23)CC1. The lowest BCUT2D eigenvalue weighted by Gasteiger charge is -2.24. The molecule has 9 heteroatoms. The fourth-order valence-electron chi connectivity index (χ4n) is 4.81. The van der Waals surface area contributed by atoms with Gasteiger partial charge in [0.25, 0.3) is 0 Å². The molecule has 1 N–H and O–H groups in total. The molecule has 1 saturated heterocycles. The van der Waals surface area contributed by atoms with E-state index in [0.717, 1.165) is 46.9 Å². The summed E-state index contributed by atoms with van der Waals surface area (Å²) in [5.74, 6) is 1.65. The number of hydrogen-bond acceptors (Lipinski definition) is 5. The van der Waals surface area contributed by atoms with Crippen molar-refractivity contribution in [2.75, 3.05) is 36.4 Å². The molecule has 1 aliphatic heterocycles. The quantitative estimate of drug-likeness (QED) is 0.356. The number of nitrogens with zero attached hydrogens (tertiary/aromatic N) is 6. The van der Waals surface area contributed by atoms with Gasteiger partial charge in [0.2, 0.25) is 5.95 Å². The van der Waals surface area contributed by atoms with Gasteiger partial charge in [-0.15, -0.1) is 10.2 Å². The molecule has 37 heavy (non-hydrogen) atoms. The Hall–Kier alpha value is -4.17. The number of carbonyl (C=O) groups excluding carboxylic acids is 1. The highest BCUT2D eigenvalue weighted by Crippen LogP contribution is 2.26. The summed E-state index contributed by atoms with van der Waals surface area (Å²) < 4.78 is 2.08. The number of nitrogens with one attached hydrogen (secondary N) is 1. The average Bonchev–Trinajstić information content (AvgIpc) is 3.17. The summed E-state index contributed by atoms with van der Waals surface area (Å²) in [6, 6.07) is 25.4. The maximum atomic E-state index is 13.0. The van der Waals surface area contributed by atoms with E-state index in [2.05, 4.69) is 36.9 Å². The molecule has 0 bridgehead atoms. The van der Waals surface area contributed by atoms with E-state index in [1.54, 1.807) is 12.1 Å². The Morgan fingerprint density at radius 3 is 2.59 bits per heavy atom. The Balaban J connectivity index is 1.31. The van der Waals surface area contributed by atoms with Crippen LogP contribution in [0.2, 0.25) is 5.02 Å². The van der Waals surface area contributed by atoms with Crippen molar-refractivity contribution in [3.63, 3.8) is 0 Å². The number of hydrogen-bond donors (Lipinski definition) is 1. The van der Waals surface area contributed by atoms with Crippen molar-refractivity contribution in [3.05, 3.63) is 95.3 Å². The van der Waals surface area contributed by atoms with E-state index >= 15 is 0 Å². The summed E-state index contributed by atoms with van der Waals surface area (Å²) >= 11 is 6.08. The van der Waals surface area contributed by atoms with Crippen molar-refractivity contribution < 1.29 is 4.79 Å². The van der Waals surface area contributed by atoms with E-state index in [9.17, 15) is 4.79 Å². The third kappa shape index (κ3) is 4.80. The van der Waals surface area contributed by atoms with Gasteiger partial charge in [0.05, 0.1) is 5.52 Å². The molecule has 5 aromatic rings. The van der Waals surface area contributed by atoms with Gasteiger partial charge in [-0.1, -0.05) is 60.1 Å². The van der Waals surface area contributed by atoms with Gasteiger partial charge < -0.3 is 15.1 Å². The van der Waals surface area contributed by atoms with Crippen LogP contribution in [0.1, 0.15) is 17.8 Å². The number of benzene rings is 3. The monoisotopic (exact) mass is 511 g/mol. The fraction of sp³-hybridized carbons (Fsp3) is 0.214. The zero-order valence-electron chi connectivity index (χ0n) is 20.2. The van der Waals surface area contributed by atoms with E-state index in [-0.39, 0.29) is 6.03 Å². The highest BCUT2D eigenvalue weighted by Gasteiger charge is 2.24. The lowest BCUT2D eigenvalue weighted by Crippen LogP contribution is -2.38. The predicted octanol–water partition coefficient (Wildman–Crippen LogP) is 5.27. The number of anilines is 2. The van der Waals surface area contributed by atoms with Crippen molar-refractivity contribution in [1.82, 2.24) is 24.5 Å². The van der Waals surface area contributed by atoms with E-state index in [0.29, 0.717) is 36.8 Å². The zero-order valence-corrected chi connectivity index (χ0v) is 21.0. The number of para-hydroxylation sites is 1. The molecule has 0 spiro atoms. The van der Waals surface area contributed by atoms with Crippen LogP contribution in [0.3, 0.4) is 0 Å². The van der Waals surface area contributed by atoms with Crippen LogP contribution in [0, 0.1) is 0 Å². The van der Waals surface area contributed by atoms with Crippen molar-refractivity contribution in [1.29, 1.82) is 0 Å². The number of aromatic nitrogens is 4. The second kappa shape index (κ2) is 10.1. The highest BCUT2D eigenvalue weighted by molar-refractivity contribution is 6.30. The van der Waals surface area contributed by atoms with Crippen LogP contribution in [0.5, 0.6) is 0 Å². The lowest BCUT2D eigenvalue weighted by molar-refractivity contribution is 0.215. The summed E-state index contributed by atoms with van der Waals surface area (Å²) in [5, 5.41) is 13.7. The number of amides is 2. The minimum atomic E-state index is -0.130. The first-order valence-electron chi connectivity index (χ1n) is 12.4.